The molecule has 0 aromatic carbocycles. The fourth-order valence-electron chi connectivity index (χ4n) is 5.86. The molecule has 2 heterocycles. The Labute approximate surface area is 186 Å². The molecule has 9 N–H and O–H groups in total. The van der Waals surface area contributed by atoms with Crippen LogP contribution in [0.4, 0.5) is 0 Å². The Kier molecular flexibility index (Phi) is 7.75. The maximum atomic E-state index is 10.5. The first kappa shape index (κ1) is 24.7. The average molecular weight is 466 g/mol. The lowest BCUT2D eigenvalue weighted by molar-refractivity contribution is -0.356. The van der Waals surface area contributed by atoms with Gasteiger partial charge in [0.05, 0.1) is 36.9 Å². The molecule has 2 saturated heterocycles. The summed E-state index contributed by atoms with van der Waals surface area (Å²) in [5.41, 5.74) is 0. The molecule has 0 spiro atoms. The van der Waals surface area contributed by atoms with Crippen molar-refractivity contribution in [1.82, 2.24) is 0 Å². The van der Waals surface area contributed by atoms with E-state index in [-0.39, 0.29) is 24.4 Å². The molecule has 4 rings (SSSR count). The van der Waals surface area contributed by atoms with Gasteiger partial charge in [-0.15, -0.1) is 0 Å². The zero-order valence-corrected chi connectivity index (χ0v) is 17.9. The van der Waals surface area contributed by atoms with Gasteiger partial charge in [-0.05, 0) is 25.7 Å². The van der Waals surface area contributed by atoms with Crippen LogP contribution in [-0.2, 0) is 9.47 Å². The predicted molar refractivity (Wildman–Crippen MR) is 107 cm³/mol. The lowest BCUT2D eigenvalue weighted by Crippen LogP contribution is -2.63. The highest BCUT2D eigenvalue weighted by molar-refractivity contribution is 4.98. The van der Waals surface area contributed by atoms with Gasteiger partial charge in [-0.1, -0.05) is 0 Å². The van der Waals surface area contributed by atoms with Crippen LogP contribution in [-0.4, -0.2) is 126 Å². The highest BCUT2D eigenvalue weighted by atomic mass is 16.7. The largest absolute Gasteiger partial charge is 0.427 e. The first-order valence-electron chi connectivity index (χ1n) is 11.6. The second kappa shape index (κ2) is 10.0. The minimum absolute atomic E-state index is 0.125. The van der Waals surface area contributed by atoms with E-state index in [9.17, 15) is 40.9 Å². The van der Waals surface area contributed by atoms with E-state index in [0.29, 0.717) is 32.1 Å². The number of aliphatic hydroxyl groups excluding tert-OH is 8. The fraction of sp³-hybridized carbons (Fsp3) is 1.00. The summed E-state index contributed by atoms with van der Waals surface area (Å²) in [6.45, 7) is -0.572. The summed E-state index contributed by atoms with van der Waals surface area (Å²) in [6, 6.07) is 0. The van der Waals surface area contributed by atoms with Crippen molar-refractivity contribution in [2.45, 2.75) is 112 Å². The number of ether oxygens (including phenoxy) is 3. The number of rotatable bonds is 4. The molecule has 0 amide bonds. The minimum atomic E-state index is -1.57. The third-order valence-electron chi connectivity index (χ3n) is 7.73. The molecular weight excluding hydrogens is 428 g/mol. The highest BCUT2D eigenvalue weighted by Gasteiger charge is 2.54. The standard InChI is InChI=1S/C21H36O11/c22-7-16-17(27)18(28)19(29)21(32-16)31-15-6-10-12(25)4-9(23)5-14(10)30-20(15)8-1-2-11(24)13(26)3-8/h8-29H,1-7H2/p+1/t8?,9?,10?,11?,12?,13?,14?,15?,16-,17+,18-,19-,20?,21-/m1/s1. The van der Waals surface area contributed by atoms with Gasteiger partial charge in [-0.3, -0.25) is 0 Å². The third kappa shape index (κ3) is 4.84. The molecule has 2 aliphatic carbocycles. The quantitative estimate of drug-likeness (QED) is 0.193. The van der Waals surface area contributed by atoms with E-state index in [4.69, 9.17) is 14.2 Å². The molecule has 0 aromatic rings. The van der Waals surface area contributed by atoms with Crippen LogP contribution in [0.25, 0.3) is 0 Å². The van der Waals surface area contributed by atoms with Gasteiger partial charge in [0.25, 0.3) is 0 Å². The van der Waals surface area contributed by atoms with Gasteiger partial charge in [-0.25, -0.2) is 0 Å². The molecule has 4 aliphatic rings. The molecule has 9 unspecified atom stereocenters. The monoisotopic (exact) mass is 465 g/mol. The minimum Gasteiger partial charge on any atom is -0.427 e. The fourth-order valence-corrected chi connectivity index (χ4v) is 5.86. The van der Waals surface area contributed by atoms with E-state index < -0.39 is 73.9 Å². The molecule has 4 fully saturated rings. The molecule has 11 nitrogen and oxygen atoms in total. The van der Waals surface area contributed by atoms with Crippen molar-refractivity contribution in [3.05, 3.63) is 0 Å². The van der Waals surface area contributed by atoms with Crippen molar-refractivity contribution < 1.29 is 55.1 Å². The summed E-state index contributed by atoms with van der Waals surface area (Å²) in [6.07, 6.45) is -9.17. The first-order valence-corrected chi connectivity index (χ1v) is 11.6. The van der Waals surface area contributed by atoms with Crippen LogP contribution in [0.15, 0.2) is 0 Å². The van der Waals surface area contributed by atoms with Crippen LogP contribution in [0.5, 0.6) is 0 Å². The first-order chi connectivity index (χ1) is 15.2. The number of aliphatic hydroxyl groups is 10. The third-order valence-corrected chi connectivity index (χ3v) is 7.73. The van der Waals surface area contributed by atoms with Crippen molar-refractivity contribution >= 4 is 0 Å². The lowest BCUT2D eigenvalue weighted by Gasteiger charge is -2.48. The summed E-state index contributed by atoms with van der Waals surface area (Å²) in [7, 11) is 0. The zero-order valence-electron chi connectivity index (χ0n) is 17.9. The summed E-state index contributed by atoms with van der Waals surface area (Å²) < 4.78 is 16.5. The second-order valence-corrected chi connectivity index (χ2v) is 9.88. The van der Waals surface area contributed by atoms with Crippen molar-refractivity contribution in [3.63, 3.8) is 0 Å². The van der Waals surface area contributed by atoms with Gasteiger partial charge in [-0.2, -0.15) is 0 Å². The highest BCUT2D eigenvalue weighted by Crippen LogP contribution is 2.42. The Morgan fingerprint density at radius 2 is 1.53 bits per heavy atom. The summed E-state index contributed by atoms with van der Waals surface area (Å²) in [4.78, 5) is 0. The Morgan fingerprint density at radius 3 is 2.22 bits per heavy atom. The van der Waals surface area contributed by atoms with Crippen molar-refractivity contribution in [3.8, 4) is 0 Å². The van der Waals surface area contributed by atoms with Gasteiger partial charge in [0.15, 0.2) is 18.5 Å². The van der Waals surface area contributed by atoms with E-state index in [1.807, 2.05) is 0 Å². The van der Waals surface area contributed by atoms with Crippen LogP contribution >= 0.6 is 0 Å². The normalized spacial score (nSPS) is 54.8. The van der Waals surface area contributed by atoms with E-state index in [2.05, 4.69) is 0 Å². The Hall–Kier alpha value is -0.440. The summed E-state index contributed by atoms with van der Waals surface area (Å²) in [5, 5.41) is 80.8. The van der Waals surface area contributed by atoms with Crippen LogP contribution in [0.2, 0.25) is 0 Å². The molecule has 0 radical (unpaired) electrons. The molecule has 14 atom stereocenters. The smallest absolute Gasteiger partial charge is 0.187 e. The predicted octanol–water partition coefficient (Wildman–Crippen LogP) is -3.51. The molecule has 0 bridgehead atoms. The van der Waals surface area contributed by atoms with Crippen LogP contribution in [0.1, 0.15) is 38.5 Å². The molecule has 186 valence electrons. The van der Waals surface area contributed by atoms with E-state index in [0.717, 1.165) is 0 Å². The zero-order chi connectivity index (χ0) is 23.2. The molecular formula is C21H37O11+. The topological polar surface area (TPSA) is 193 Å². The average Bonchev–Trinajstić information content (AvgIpc) is 2.76. The van der Waals surface area contributed by atoms with E-state index in [1.54, 1.807) is 0 Å². The molecule has 11 heteroatoms. The van der Waals surface area contributed by atoms with Crippen molar-refractivity contribution in [1.29, 1.82) is 0 Å². The molecule has 2 aliphatic heterocycles. The van der Waals surface area contributed by atoms with Gasteiger partial charge in [0.1, 0.15) is 30.5 Å². The second-order valence-electron chi connectivity index (χ2n) is 9.88. The molecule has 0 aromatic heterocycles. The van der Waals surface area contributed by atoms with Crippen LogP contribution in [0, 0.1) is 11.8 Å². The summed E-state index contributed by atoms with van der Waals surface area (Å²) in [5.74, 6) is -0.385. The molecule has 32 heavy (non-hydrogen) atoms. The van der Waals surface area contributed by atoms with E-state index in [1.165, 1.54) is 0 Å². The number of fused-ring (bicyclic) bond motifs is 1. The summed E-state index contributed by atoms with van der Waals surface area (Å²) >= 11 is 0. The van der Waals surface area contributed by atoms with Gasteiger partial charge < -0.3 is 55.1 Å². The van der Waals surface area contributed by atoms with Crippen molar-refractivity contribution in [2.24, 2.45) is 11.8 Å². The van der Waals surface area contributed by atoms with E-state index >= 15 is 0 Å². The van der Waals surface area contributed by atoms with Crippen LogP contribution in [0.3, 0.4) is 0 Å². The van der Waals surface area contributed by atoms with Crippen LogP contribution < -0.4 is 0 Å². The number of hydrogen-bond acceptors (Lipinski definition) is 10. The Balaban J connectivity index is 1.54. The maximum absolute atomic E-state index is 10.5. The number of hydrogen-bond donors (Lipinski definition) is 8. The maximum Gasteiger partial charge on any atom is 0.187 e. The SMILES string of the molecule is OC[C@H]1O[C@@H](OC2CC3C(O)CC(O)CC3[OH+]C2C2CCC(O)C(O)C2)[C@H](O)[C@H](O)[C@H]1O. The van der Waals surface area contributed by atoms with Gasteiger partial charge in [0.2, 0.25) is 0 Å². The van der Waals surface area contributed by atoms with Gasteiger partial charge >= 0.3 is 0 Å². The molecule has 2 saturated carbocycles. The Bertz CT molecular complexity index is 621. The van der Waals surface area contributed by atoms with Crippen molar-refractivity contribution in [2.75, 3.05) is 6.61 Å². The van der Waals surface area contributed by atoms with Gasteiger partial charge in [0, 0.05) is 18.8 Å². The Morgan fingerprint density at radius 1 is 0.781 bits per heavy atom. The lowest BCUT2D eigenvalue weighted by atomic mass is 9.72.